The number of hydrogen-bond acceptors (Lipinski definition) is 15. The molecule has 3 aliphatic rings. The molecule has 0 aliphatic carbocycles. The summed E-state index contributed by atoms with van der Waals surface area (Å²) < 4.78 is 75.2. The molecule has 3 aliphatic heterocycles. The van der Waals surface area contributed by atoms with Crippen molar-refractivity contribution in [2.24, 2.45) is 0 Å². The highest BCUT2D eigenvalue weighted by molar-refractivity contribution is 5.73. The maximum atomic E-state index is 12.8. The molecule has 1 amide bonds. The Bertz CT molecular complexity index is 2650. The molecule has 3 fully saturated rings. The SMILES string of the molecule is CC(=O)N[C@@H]1[C@@H](O[C@H]2O[C@H](COCc3ccccc3)[C@H](OCc3ccccc3)[C@H](OCc3ccccc3)[C@H]2O[C@@H]2O[C@@H](C)[C@@H](OCc3ccccc3)[C@@H](OCc3ccccc3)[C@@H]2OCc2ccccc2)[C@H](O)[C@@H](CO)O[C@H]1O. The number of benzene rings is 6. The van der Waals surface area contributed by atoms with Crippen LogP contribution in [-0.2, 0) is 96.5 Å². The molecular weight excluding hydrogens is 999 g/mol. The van der Waals surface area contributed by atoms with Crippen molar-refractivity contribution in [3.05, 3.63) is 215 Å². The molecule has 4 N–H and O–H groups in total. The van der Waals surface area contributed by atoms with Gasteiger partial charge in [-0.05, 0) is 40.3 Å². The summed E-state index contributed by atoms with van der Waals surface area (Å²) in [5, 5.41) is 36.5. The average molecular weight is 1070 g/mol. The van der Waals surface area contributed by atoms with Crippen molar-refractivity contribution in [1.29, 1.82) is 0 Å². The molecule has 6 aromatic carbocycles. The zero-order chi connectivity index (χ0) is 54.1. The van der Waals surface area contributed by atoms with Gasteiger partial charge in [0, 0.05) is 6.92 Å². The number of hydrogen-bond donors (Lipinski definition) is 4. The maximum Gasteiger partial charge on any atom is 0.217 e. The van der Waals surface area contributed by atoms with Gasteiger partial charge >= 0.3 is 0 Å². The minimum atomic E-state index is -1.71. The molecule has 3 saturated heterocycles. The quantitative estimate of drug-likeness (QED) is 0.0461. The molecule has 0 aromatic heterocycles. The van der Waals surface area contributed by atoms with Crippen LogP contribution in [0.4, 0.5) is 0 Å². The van der Waals surface area contributed by atoms with E-state index in [1.807, 2.05) is 189 Å². The Hall–Kier alpha value is -5.77. The zero-order valence-electron chi connectivity index (χ0n) is 43.9. The Kier molecular flexibility index (Phi) is 21.1. The third-order valence-electron chi connectivity index (χ3n) is 14.0. The Labute approximate surface area is 456 Å². The predicted molar refractivity (Wildman–Crippen MR) is 286 cm³/mol. The van der Waals surface area contributed by atoms with Crippen LogP contribution in [0.25, 0.3) is 0 Å². The van der Waals surface area contributed by atoms with E-state index >= 15 is 0 Å². The second-order valence-electron chi connectivity index (χ2n) is 19.7. The fourth-order valence-corrected chi connectivity index (χ4v) is 9.98. The van der Waals surface area contributed by atoms with Crippen LogP contribution >= 0.6 is 0 Å². The van der Waals surface area contributed by atoms with E-state index in [1.165, 1.54) is 6.92 Å². The first-order chi connectivity index (χ1) is 38.2. The van der Waals surface area contributed by atoms with Crippen molar-refractivity contribution >= 4 is 5.91 Å². The van der Waals surface area contributed by atoms with Gasteiger partial charge in [0.1, 0.15) is 67.1 Å². The van der Waals surface area contributed by atoms with Gasteiger partial charge < -0.3 is 72.7 Å². The fraction of sp³-hybridized carbons (Fsp3) is 0.403. The molecule has 6 aromatic rings. The smallest absolute Gasteiger partial charge is 0.217 e. The summed E-state index contributed by atoms with van der Waals surface area (Å²) in [6, 6.07) is 57.1. The molecule has 3 heterocycles. The van der Waals surface area contributed by atoms with E-state index in [2.05, 4.69) is 5.32 Å². The first-order valence-electron chi connectivity index (χ1n) is 26.6. The summed E-state index contributed by atoms with van der Waals surface area (Å²) in [4.78, 5) is 12.8. The molecule has 0 radical (unpaired) electrons. The predicted octanol–water partition coefficient (Wildman–Crippen LogP) is 6.95. The van der Waals surface area contributed by atoms with Gasteiger partial charge in [-0.3, -0.25) is 4.79 Å². The van der Waals surface area contributed by atoms with Gasteiger partial charge in [0.25, 0.3) is 0 Å². The fourth-order valence-electron chi connectivity index (χ4n) is 9.98. The molecule has 78 heavy (non-hydrogen) atoms. The van der Waals surface area contributed by atoms with E-state index in [4.69, 9.17) is 52.1 Å². The lowest BCUT2D eigenvalue weighted by molar-refractivity contribution is -0.392. The number of rotatable bonds is 25. The molecular formula is C62H71NO15. The monoisotopic (exact) mass is 1070 g/mol. The van der Waals surface area contributed by atoms with Crippen LogP contribution in [-0.4, -0.2) is 126 Å². The van der Waals surface area contributed by atoms with Crippen molar-refractivity contribution < 1.29 is 72.2 Å². The number of ether oxygens (including phenoxy) is 11. The number of carbonyl (C=O) groups excluding carboxylic acids is 1. The Morgan fingerprint density at radius 2 is 0.821 bits per heavy atom. The van der Waals surface area contributed by atoms with Crippen molar-refractivity contribution in [1.82, 2.24) is 5.32 Å². The van der Waals surface area contributed by atoms with Crippen molar-refractivity contribution in [3.8, 4) is 0 Å². The van der Waals surface area contributed by atoms with Gasteiger partial charge in [-0.2, -0.15) is 0 Å². The van der Waals surface area contributed by atoms with Crippen molar-refractivity contribution in [2.75, 3.05) is 13.2 Å². The average Bonchev–Trinajstić information content (AvgIpc) is 3.63. The summed E-state index contributed by atoms with van der Waals surface area (Å²) in [5.74, 6) is -0.539. The summed E-state index contributed by atoms with van der Waals surface area (Å²) >= 11 is 0. The highest BCUT2D eigenvalue weighted by Crippen LogP contribution is 2.38. The Morgan fingerprint density at radius 3 is 1.26 bits per heavy atom. The largest absolute Gasteiger partial charge is 0.394 e. The summed E-state index contributed by atoms with van der Waals surface area (Å²) in [6.45, 7) is 3.47. The number of aliphatic hydroxyl groups is 3. The van der Waals surface area contributed by atoms with Crippen LogP contribution in [0.5, 0.6) is 0 Å². The van der Waals surface area contributed by atoms with E-state index in [0.717, 1.165) is 33.4 Å². The number of aliphatic hydroxyl groups excluding tert-OH is 3. The molecule has 15 atom stereocenters. The number of nitrogens with one attached hydrogen (secondary N) is 1. The number of amides is 1. The summed E-state index contributed by atoms with van der Waals surface area (Å²) in [5.41, 5.74) is 5.41. The lowest BCUT2D eigenvalue weighted by Gasteiger charge is -2.51. The van der Waals surface area contributed by atoms with Gasteiger partial charge in [0.2, 0.25) is 5.91 Å². The highest BCUT2D eigenvalue weighted by atomic mass is 16.8. The first kappa shape index (κ1) is 56.9. The van der Waals surface area contributed by atoms with Crippen LogP contribution in [0.2, 0.25) is 0 Å². The standard InChI is InChI=1S/C62H71NO15/c1-41-53(69-35-44-23-11-4-12-24-44)56(71-37-46-27-15-6-16-28-46)58(73-39-48-31-19-8-20-32-48)61(74-41)78-59-57(72-38-47-29-17-7-18-30-47)54(70-36-45-25-13-5-14-26-45)50(40-68-34-43-21-9-3-10-22-43)76-62(59)77-55-51(63-42(2)65)60(67)75-49(33-64)52(55)66/h3-32,41,49-62,64,66-67H,33-40H2,1-2H3,(H,63,65)/t41-,49+,50+,51+,52+,53+,54-,55+,56+,57-,58-,59+,60+,61-,62+/m0/s1. The van der Waals surface area contributed by atoms with E-state index in [-0.39, 0.29) is 46.2 Å². The molecule has 16 nitrogen and oxygen atoms in total. The van der Waals surface area contributed by atoms with Crippen LogP contribution in [0.1, 0.15) is 47.2 Å². The second kappa shape index (κ2) is 28.9. The minimum Gasteiger partial charge on any atom is -0.394 e. The van der Waals surface area contributed by atoms with Gasteiger partial charge in [-0.15, -0.1) is 0 Å². The van der Waals surface area contributed by atoms with Crippen LogP contribution in [0.15, 0.2) is 182 Å². The van der Waals surface area contributed by atoms with E-state index in [9.17, 15) is 20.1 Å². The van der Waals surface area contributed by atoms with E-state index in [0.29, 0.717) is 0 Å². The summed E-state index contributed by atoms with van der Waals surface area (Å²) in [6.07, 6.45) is -16.3. The van der Waals surface area contributed by atoms with Gasteiger partial charge in [0.15, 0.2) is 18.9 Å². The lowest BCUT2D eigenvalue weighted by Crippen LogP contribution is -2.69. The molecule has 414 valence electrons. The molecule has 0 unspecified atom stereocenters. The van der Waals surface area contributed by atoms with Crippen molar-refractivity contribution in [2.45, 2.75) is 146 Å². The van der Waals surface area contributed by atoms with Crippen LogP contribution in [0.3, 0.4) is 0 Å². The van der Waals surface area contributed by atoms with Crippen LogP contribution in [0, 0.1) is 0 Å². The van der Waals surface area contributed by atoms with E-state index < -0.39 is 105 Å². The Balaban J connectivity index is 1.14. The Morgan fingerprint density at radius 1 is 0.449 bits per heavy atom. The molecule has 9 rings (SSSR count). The third kappa shape index (κ3) is 15.5. The second-order valence-corrected chi connectivity index (χ2v) is 19.7. The maximum absolute atomic E-state index is 12.8. The highest BCUT2D eigenvalue weighted by Gasteiger charge is 2.56. The first-order valence-corrected chi connectivity index (χ1v) is 26.6. The third-order valence-corrected chi connectivity index (χ3v) is 14.0. The normalized spacial score (nSPS) is 29.2. The van der Waals surface area contributed by atoms with E-state index in [1.54, 1.807) is 0 Å². The van der Waals surface area contributed by atoms with Crippen molar-refractivity contribution in [3.63, 3.8) is 0 Å². The van der Waals surface area contributed by atoms with Gasteiger partial charge in [-0.25, -0.2) is 0 Å². The number of carbonyl (C=O) groups is 1. The molecule has 16 heteroatoms. The molecule has 0 spiro atoms. The topological polar surface area (TPSA) is 191 Å². The zero-order valence-corrected chi connectivity index (χ0v) is 43.9. The lowest BCUT2D eigenvalue weighted by atomic mass is 9.94. The molecule has 0 saturated carbocycles. The summed E-state index contributed by atoms with van der Waals surface area (Å²) in [7, 11) is 0. The van der Waals surface area contributed by atoms with Gasteiger partial charge in [-0.1, -0.05) is 182 Å². The van der Waals surface area contributed by atoms with Crippen LogP contribution < -0.4 is 5.32 Å². The van der Waals surface area contributed by atoms with Gasteiger partial charge in [0.05, 0.1) is 59.0 Å². The minimum absolute atomic E-state index is 0.0327. The molecule has 0 bridgehead atoms.